The highest BCUT2D eigenvalue weighted by molar-refractivity contribution is 9.10. The van der Waals surface area contributed by atoms with Gasteiger partial charge >= 0.3 is 0 Å². The lowest BCUT2D eigenvalue weighted by Gasteiger charge is -2.10. The SMILES string of the molecule is O=C1NC(C(=O)Nc2ccc(Cl)c(Br)c2)CS1. The zero-order chi connectivity index (χ0) is 12.4. The summed E-state index contributed by atoms with van der Waals surface area (Å²) in [5.74, 6) is 0.233. The molecule has 1 saturated heterocycles. The number of hydrogen-bond acceptors (Lipinski definition) is 3. The smallest absolute Gasteiger partial charge is 0.279 e. The summed E-state index contributed by atoms with van der Waals surface area (Å²) in [5.41, 5.74) is 0.637. The number of hydrogen-bond donors (Lipinski definition) is 2. The molecule has 1 aliphatic rings. The third kappa shape index (κ3) is 3.14. The van der Waals surface area contributed by atoms with Crippen molar-refractivity contribution in [2.75, 3.05) is 11.1 Å². The Morgan fingerprint density at radius 3 is 2.94 bits per heavy atom. The quantitative estimate of drug-likeness (QED) is 0.874. The van der Waals surface area contributed by atoms with Gasteiger partial charge in [0, 0.05) is 15.9 Å². The van der Waals surface area contributed by atoms with Crippen molar-refractivity contribution in [2.45, 2.75) is 6.04 Å². The summed E-state index contributed by atoms with van der Waals surface area (Å²) in [6.07, 6.45) is 0. The number of carbonyl (C=O) groups excluding carboxylic acids is 2. The Morgan fingerprint density at radius 1 is 1.59 bits per heavy atom. The van der Waals surface area contributed by atoms with Gasteiger partial charge in [-0.25, -0.2) is 0 Å². The Balaban J connectivity index is 2.03. The number of nitrogens with one attached hydrogen (secondary N) is 2. The van der Waals surface area contributed by atoms with Gasteiger partial charge in [-0.3, -0.25) is 9.59 Å². The van der Waals surface area contributed by atoms with E-state index in [-0.39, 0.29) is 11.1 Å². The van der Waals surface area contributed by atoms with E-state index < -0.39 is 6.04 Å². The average Bonchev–Trinajstić information content (AvgIpc) is 2.70. The van der Waals surface area contributed by atoms with Gasteiger partial charge < -0.3 is 10.6 Å². The maximum absolute atomic E-state index is 11.8. The lowest BCUT2D eigenvalue weighted by atomic mass is 10.2. The van der Waals surface area contributed by atoms with Crippen molar-refractivity contribution in [1.82, 2.24) is 5.32 Å². The molecule has 0 aromatic heterocycles. The van der Waals surface area contributed by atoms with Crippen LogP contribution in [0.5, 0.6) is 0 Å². The average molecular weight is 336 g/mol. The first-order chi connectivity index (χ1) is 8.06. The molecule has 1 fully saturated rings. The Morgan fingerprint density at radius 2 is 2.35 bits per heavy atom. The number of halogens is 2. The summed E-state index contributed by atoms with van der Waals surface area (Å²) in [6.45, 7) is 0. The van der Waals surface area contributed by atoms with E-state index in [9.17, 15) is 9.59 Å². The number of carbonyl (C=O) groups is 2. The third-order valence-corrected chi connectivity index (χ3v) is 4.27. The molecule has 0 spiro atoms. The van der Waals surface area contributed by atoms with Crippen molar-refractivity contribution in [3.63, 3.8) is 0 Å². The molecule has 0 aliphatic carbocycles. The van der Waals surface area contributed by atoms with Gasteiger partial charge in [0.25, 0.3) is 5.24 Å². The minimum Gasteiger partial charge on any atom is -0.334 e. The molecule has 90 valence electrons. The van der Waals surface area contributed by atoms with E-state index in [4.69, 9.17) is 11.6 Å². The molecule has 2 amide bonds. The molecule has 1 aromatic carbocycles. The molecular formula is C10H8BrClN2O2S. The summed E-state index contributed by atoms with van der Waals surface area (Å²) < 4.78 is 0.710. The van der Waals surface area contributed by atoms with Gasteiger partial charge in [-0.05, 0) is 34.1 Å². The molecule has 1 unspecified atom stereocenters. The van der Waals surface area contributed by atoms with Crippen molar-refractivity contribution in [3.05, 3.63) is 27.7 Å². The van der Waals surface area contributed by atoms with Gasteiger partial charge in [0.1, 0.15) is 6.04 Å². The fourth-order valence-corrected chi connectivity index (χ4v) is 2.60. The fourth-order valence-electron chi connectivity index (χ4n) is 1.33. The van der Waals surface area contributed by atoms with E-state index in [0.717, 1.165) is 11.8 Å². The van der Waals surface area contributed by atoms with Gasteiger partial charge in [0.05, 0.1) is 5.02 Å². The van der Waals surface area contributed by atoms with E-state index in [2.05, 4.69) is 26.6 Å². The molecule has 2 rings (SSSR count). The molecule has 0 bridgehead atoms. The summed E-state index contributed by atoms with van der Waals surface area (Å²) in [5, 5.41) is 5.70. The second kappa shape index (κ2) is 5.29. The molecule has 1 aromatic rings. The van der Waals surface area contributed by atoms with Crippen LogP contribution in [0, 0.1) is 0 Å². The highest BCUT2D eigenvalue weighted by atomic mass is 79.9. The van der Waals surface area contributed by atoms with Gasteiger partial charge in [0.15, 0.2) is 0 Å². The largest absolute Gasteiger partial charge is 0.334 e. The minimum absolute atomic E-state index is 0.164. The monoisotopic (exact) mass is 334 g/mol. The first-order valence-corrected chi connectivity index (χ1v) is 6.91. The van der Waals surface area contributed by atoms with Gasteiger partial charge in [0.2, 0.25) is 5.91 Å². The summed E-state index contributed by atoms with van der Waals surface area (Å²) in [6, 6.07) is 4.63. The summed E-state index contributed by atoms with van der Waals surface area (Å²) >= 11 is 10.2. The Labute approximate surface area is 116 Å². The van der Waals surface area contributed by atoms with Crippen molar-refractivity contribution < 1.29 is 9.59 Å². The Bertz CT molecular complexity index is 483. The van der Waals surface area contributed by atoms with Crippen LogP contribution in [0.2, 0.25) is 5.02 Å². The van der Waals surface area contributed by atoms with Gasteiger partial charge in [-0.2, -0.15) is 0 Å². The zero-order valence-electron chi connectivity index (χ0n) is 8.50. The maximum Gasteiger partial charge on any atom is 0.279 e. The topological polar surface area (TPSA) is 58.2 Å². The fraction of sp³-hybridized carbons (Fsp3) is 0.200. The van der Waals surface area contributed by atoms with Crippen LogP contribution < -0.4 is 10.6 Å². The Hall–Kier alpha value is -0.720. The van der Waals surface area contributed by atoms with Crippen LogP contribution in [-0.4, -0.2) is 22.9 Å². The van der Waals surface area contributed by atoms with Crippen LogP contribution in [0.25, 0.3) is 0 Å². The van der Waals surface area contributed by atoms with Crippen molar-refractivity contribution in [2.24, 2.45) is 0 Å². The number of rotatable bonds is 2. The number of amides is 2. The maximum atomic E-state index is 11.8. The standard InChI is InChI=1S/C10H8BrClN2O2S/c11-6-3-5(1-2-7(6)12)13-9(15)8-4-17-10(16)14-8/h1-3,8H,4H2,(H,13,15)(H,14,16). The van der Waals surface area contributed by atoms with Gasteiger partial charge in [-0.15, -0.1) is 0 Å². The molecule has 0 saturated carbocycles. The first kappa shape index (κ1) is 12.7. The molecule has 4 nitrogen and oxygen atoms in total. The second-order valence-corrected chi connectivity index (χ2v) is 5.67. The molecule has 1 aliphatic heterocycles. The minimum atomic E-state index is -0.470. The molecular weight excluding hydrogens is 328 g/mol. The van der Waals surface area contributed by atoms with E-state index in [1.807, 2.05) is 0 Å². The Kier molecular flexibility index (Phi) is 3.96. The van der Waals surface area contributed by atoms with E-state index in [0.29, 0.717) is 20.9 Å². The van der Waals surface area contributed by atoms with Gasteiger partial charge in [-0.1, -0.05) is 23.4 Å². The third-order valence-electron chi connectivity index (χ3n) is 2.18. The second-order valence-electron chi connectivity index (χ2n) is 3.41. The number of anilines is 1. The molecule has 7 heteroatoms. The van der Waals surface area contributed by atoms with Crippen molar-refractivity contribution >= 4 is 56.1 Å². The lowest BCUT2D eigenvalue weighted by Crippen LogP contribution is -2.38. The lowest BCUT2D eigenvalue weighted by molar-refractivity contribution is -0.117. The predicted octanol–water partition coefficient (Wildman–Crippen LogP) is 2.87. The van der Waals surface area contributed by atoms with E-state index in [1.54, 1.807) is 18.2 Å². The predicted molar refractivity (Wildman–Crippen MR) is 72.6 cm³/mol. The van der Waals surface area contributed by atoms with Crippen LogP contribution in [0.15, 0.2) is 22.7 Å². The van der Waals surface area contributed by atoms with Crippen molar-refractivity contribution in [1.29, 1.82) is 0 Å². The van der Waals surface area contributed by atoms with Crippen LogP contribution >= 0.6 is 39.3 Å². The highest BCUT2D eigenvalue weighted by Gasteiger charge is 2.27. The first-order valence-electron chi connectivity index (χ1n) is 4.75. The van der Waals surface area contributed by atoms with Crippen LogP contribution in [0.4, 0.5) is 10.5 Å². The summed E-state index contributed by atoms with van der Waals surface area (Å²) in [7, 11) is 0. The van der Waals surface area contributed by atoms with Crippen LogP contribution in [0.1, 0.15) is 0 Å². The van der Waals surface area contributed by atoms with E-state index in [1.165, 1.54) is 0 Å². The molecule has 0 radical (unpaired) electrons. The molecule has 1 heterocycles. The molecule has 2 N–H and O–H groups in total. The number of benzene rings is 1. The van der Waals surface area contributed by atoms with Crippen LogP contribution in [-0.2, 0) is 4.79 Å². The van der Waals surface area contributed by atoms with E-state index >= 15 is 0 Å². The van der Waals surface area contributed by atoms with Crippen molar-refractivity contribution in [3.8, 4) is 0 Å². The molecule has 17 heavy (non-hydrogen) atoms. The highest BCUT2D eigenvalue weighted by Crippen LogP contribution is 2.25. The molecule has 1 atom stereocenters. The summed E-state index contributed by atoms with van der Waals surface area (Å²) in [4.78, 5) is 22.7. The number of thioether (sulfide) groups is 1. The van der Waals surface area contributed by atoms with Crippen LogP contribution in [0.3, 0.4) is 0 Å². The zero-order valence-corrected chi connectivity index (χ0v) is 11.7. The normalized spacial score (nSPS) is 18.9.